The van der Waals surface area contributed by atoms with E-state index in [4.69, 9.17) is 4.74 Å². The Morgan fingerprint density at radius 3 is 3.23 bits per heavy atom. The first-order valence-electron chi connectivity index (χ1n) is 4.04. The summed E-state index contributed by atoms with van der Waals surface area (Å²) in [6, 6.07) is 3.72. The van der Waals surface area contributed by atoms with Gasteiger partial charge < -0.3 is 10.1 Å². The zero-order chi connectivity index (χ0) is 9.10. The molecule has 1 aromatic rings. The Morgan fingerprint density at radius 2 is 2.62 bits per heavy atom. The van der Waals surface area contributed by atoms with Crippen LogP contribution in [0.1, 0.15) is 5.69 Å². The van der Waals surface area contributed by atoms with Crippen molar-refractivity contribution in [3.05, 3.63) is 24.0 Å². The largest absolute Gasteiger partial charge is 0.447 e. The average Bonchev–Trinajstić information content (AvgIpc) is 2.53. The van der Waals surface area contributed by atoms with Crippen molar-refractivity contribution in [1.29, 1.82) is 0 Å². The summed E-state index contributed by atoms with van der Waals surface area (Å²) in [6.45, 7) is 0.412. The maximum absolute atomic E-state index is 10.7. The van der Waals surface area contributed by atoms with E-state index < -0.39 is 0 Å². The van der Waals surface area contributed by atoms with Crippen molar-refractivity contribution in [2.45, 2.75) is 12.5 Å². The van der Waals surface area contributed by atoms with Gasteiger partial charge in [0.1, 0.15) is 6.61 Å². The molecule has 5 heteroatoms. The Morgan fingerprint density at radius 1 is 1.69 bits per heavy atom. The highest BCUT2D eigenvalue weighted by Gasteiger charge is 2.22. The van der Waals surface area contributed by atoms with Crippen LogP contribution in [-0.2, 0) is 11.2 Å². The molecule has 1 unspecified atom stereocenters. The van der Waals surface area contributed by atoms with E-state index in [-0.39, 0.29) is 12.1 Å². The van der Waals surface area contributed by atoms with Gasteiger partial charge in [-0.3, -0.25) is 0 Å². The predicted molar refractivity (Wildman–Crippen MR) is 44.0 cm³/mol. The smallest absolute Gasteiger partial charge is 0.407 e. The van der Waals surface area contributed by atoms with Crippen molar-refractivity contribution in [2.75, 3.05) is 6.61 Å². The number of hydrogen-bond acceptors (Lipinski definition) is 4. The van der Waals surface area contributed by atoms with Crippen molar-refractivity contribution >= 4 is 6.09 Å². The number of cyclic esters (lactones) is 1. The van der Waals surface area contributed by atoms with Crippen LogP contribution in [0.5, 0.6) is 0 Å². The third-order valence-corrected chi connectivity index (χ3v) is 1.82. The minimum Gasteiger partial charge on any atom is -0.447 e. The summed E-state index contributed by atoms with van der Waals surface area (Å²) >= 11 is 0. The minimum atomic E-state index is -0.353. The van der Waals surface area contributed by atoms with Gasteiger partial charge in [-0.25, -0.2) is 4.79 Å². The fourth-order valence-corrected chi connectivity index (χ4v) is 1.23. The van der Waals surface area contributed by atoms with Crippen molar-refractivity contribution < 1.29 is 9.53 Å². The second-order valence-electron chi connectivity index (χ2n) is 2.86. The fourth-order valence-electron chi connectivity index (χ4n) is 1.23. The molecular weight excluding hydrogens is 170 g/mol. The van der Waals surface area contributed by atoms with Crippen LogP contribution in [0, 0.1) is 0 Å². The Hall–Kier alpha value is -1.65. The van der Waals surface area contributed by atoms with Gasteiger partial charge in [-0.1, -0.05) is 0 Å². The molecule has 1 aromatic heterocycles. The molecule has 0 spiro atoms. The molecule has 68 valence electrons. The van der Waals surface area contributed by atoms with Crippen LogP contribution >= 0.6 is 0 Å². The quantitative estimate of drug-likeness (QED) is 0.700. The van der Waals surface area contributed by atoms with Gasteiger partial charge in [-0.05, 0) is 12.1 Å². The van der Waals surface area contributed by atoms with Crippen LogP contribution in [-0.4, -0.2) is 28.9 Å². The van der Waals surface area contributed by atoms with Crippen LogP contribution in [0.25, 0.3) is 0 Å². The predicted octanol–water partition coefficient (Wildman–Crippen LogP) is 0.127. The molecule has 0 aromatic carbocycles. The van der Waals surface area contributed by atoms with Gasteiger partial charge in [-0.2, -0.15) is 10.2 Å². The number of hydrogen-bond donors (Lipinski definition) is 1. The molecule has 1 aliphatic heterocycles. The Balaban J connectivity index is 1.96. The molecular formula is C8H9N3O2. The second kappa shape index (κ2) is 3.38. The molecule has 0 bridgehead atoms. The molecule has 1 atom stereocenters. The molecule has 13 heavy (non-hydrogen) atoms. The molecule has 0 saturated carbocycles. The number of carbonyl (C=O) groups excluding carboxylic acids is 1. The summed E-state index contributed by atoms with van der Waals surface area (Å²) < 4.78 is 4.74. The van der Waals surface area contributed by atoms with E-state index in [1.165, 1.54) is 0 Å². The van der Waals surface area contributed by atoms with Gasteiger partial charge in [0.05, 0.1) is 11.7 Å². The van der Waals surface area contributed by atoms with Crippen LogP contribution in [0.3, 0.4) is 0 Å². The molecule has 1 amide bonds. The van der Waals surface area contributed by atoms with E-state index in [2.05, 4.69) is 15.5 Å². The van der Waals surface area contributed by atoms with E-state index in [9.17, 15) is 4.79 Å². The lowest BCUT2D eigenvalue weighted by Gasteiger charge is -2.04. The van der Waals surface area contributed by atoms with E-state index in [1.807, 2.05) is 12.1 Å². The number of ether oxygens (including phenoxy) is 1. The normalized spacial score (nSPS) is 20.9. The molecule has 1 fully saturated rings. The number of nitrogens with one attached hydrogen (secondary N) is 1. The van der Waals surface area contributed by atoms with E-state index >= 15 is 0 Å². The molecule has 1 aliphatic rings. The first kappa shape index (κ1) is 7.97. The second-order valence-corrected chi connectivity index (χ2v) is 2.86. The third kappa shape index (κ3) is 1.93. The summed E-state index contributed by atoms with van der Waals surface area (Å²) in [7, 11) is 0. The minimum absolute atomic E-state index is 0.0317. The highest BCUT2D eigenvalue weighted by Crippen LogP contribution is 2.03. The lowest BCUT2D eigenvalue weighted by Crippen LogP contribution is -2.28. The Kier molecular flexibility index (Phi) is 2.08. The number of alkyl carbamates (subject to hydrolysis) is 1. The number of rotatable bonds is 2. The maximum Gasteiger partial charge on any atom is 0.407 e. The van der Waals surface area contributed by atoms with Crippen molar-refractivity contribution in [3.8, 4) is 0 Å². The lowest BCUT2D eigenvalue weighted by molar-refractivity contribution is 0.176. The molecule has 0 radical (unpaired) electrons. The number of amides is 1. The summed E-state index contributed by atoms with van der Waals surface area (Å²) in [4.78, 5) is 10.7. The van der Waals surface area contributed by atoms with Gasteiger partial charge in [0, 0.05) is 12.6 Å². The topological polar surface area (TPSA) is 64.1 Å². The van der Waals surface area contributed by atoms with Crippen LogP contribution in [0.4, 0.5) is 4.79 Å². The van der Waals surface area contributed by atoms with E-state index in [0.29, 0.717) is 13.0 Å². The van der Waals surface area contributed by atoms with Crippen LogP contribution in [0.2, 0.25) is 0 Å². The maximum atomic E-state index is 10.7. The monoisotopic (exact) mass is 179 g/mol. The van der Waals surface area contributed by atoms with E-state index in [1.54, 1.807) is 6.20 Å². The average molecular weight is 179 g/mol. The van der Waals surface area contributed by atoms with Gasteiger partial charge in [0.25, 0.3) is 0 Å². The van der Waals surface area contributed by atoms with Gasteiger partial charge in [0.2, 0.25) is 0 Å². The molecule has 0 aliphatic carbocycles. The fraction of sp³-hybridized carbons (Fsp3) is 0.375. The zero-order valence-electron chi connectivity index (χ0n) is 6.93. The lowest BCUT2D eigenvalue weighted by atomic mass is 10.2. The summed E-state index contributed by atoms with van der Waals surface area (Å²) in [5, 5.41) is 10.3. The van der Waals surface area contributed by atoms with Crippen molar-refractivity contribution in [1.82, 2.24) is 15.5 Å². The summed E-state index contributed by atoms with van der Waals surface area (Å²) in [5.74, 6) is 0. The van der Waals surface area contributed by atoms with Crippen LogP contribution in [0.15, 0.2) is 18.3 Å². The molecule has 2 heterocycles. The SMILES string of the molecule is O=C1NC(Cc2cccnn2)CO1. The molecule has 1 N–H and O–H groups in total. The van der Waals surface area contributed by atoms with Gasteiger partial charge in [-0.15, -0.1) is 0 Å². The highest BCUT2D eigenvalue weighted by atomic mass is 16.6. The Labute approximate surface area is 75.1 Å². The number of carbonyl (C=O) groups is 1. The number of aromatic nitrogens is 2. The standard InChI is InChI=1S/C8H9N3O2/c12-8-10-7(5-13-8)4-6-2-1-3-9-11-6/h1-3,7H,4-5H2,(H,10,12). The molecule has 1 saturated heterocycles. The third-order valence-electron chi connectivity index (χ3n) is 1.82. The number of nitrogens with zero attached hydrogens (tertiary/aromatic N) is 2. The summed E-state index contributed by atoms with van der Waals surface area (Å²) in [6.07, 6.45) is 1.93. The highest BCUT2D eigenvalue weighted by molar-refractivity contribution is 5.69. The van der Waals surface area contributed by atoms with Crippen molar-refractivity contribution in [2.24, 2.45) is 0 Å². The van der Waals surface area contributed by atoms with Gasteiger partial charge in [0.15, 0.2) is 0 Å². The van der Waals surface area contributed by atoms with Gasteiger partial charge >= 0.3 is 6.09 Å². The first-order valence-corrected chi connectivity index (χ1v) is 4.04. The van der Waals surface area contributed by atoms with Crippen LogP contribution < -0.4 is 5.32 Å². The van der Waals surface area contributed by atoms with E-state index in [0.717, 1.165) is 5.69 Å². The molecule has 2 rings (SSSR count). The first-order chi connectivity index (χ1) is 6.34. The zero-order valence-corrected chi connectivity index (χ0v) is 6.93. The Bertz CT molecular complexity index is 302. The van der Waals surface area contributed by atoms with Crippen molar-refractivity contribution in [3.63, 3.8) is 0 Å². The summed E-state index contributed by atoms with van der Waals surface area (Å²) in [5.41, 5.74) is 0.860. The molecule has 5 nitrogen and oxygen atoms in total.